The molecule has 1 aromatic carbocycles. The molecule has 21 heavy (non-hydrogen) atoms. The number of amides is 1. The van der Waals surface area contributed by atoms with E-state index in [1.165, 1.54) is 0 Å². The number of rotatable bonds is 2. The van der Waals surface area contributed by atoms with Crippen LogP contribution in [-0.4, -0.2) is 17.0 Å². The highest BCUT2D eigenvalue weighted by atomic mass is 35.5. The van der Waals surface area contributed by atoms with Crippen LogP contribution >= 0.6 is 11.6 Å². The molecule has 0 fully saturated rings. The third-order valence-electron chi connectivity index (χ3n) is 3.35. The van der Waals surface area contributed by atoms with Crippen LogP contribution in [0.25, 0.3) is 0 Å². The number of nitrogens with zero attached hydrogens (tertiary/aromatic N) is 1. The fraction of sp³-hybridized carbons (Fsp3) is 0.250. The van der Waals surface area contributed by atoms with E-state index in [1.807, 2.05) is 26.0 Å². The highest BCUT2D eigenvalue weighted by Crippen LogP contribution is 2.35. The van der Waals surface area contributed by atoms with E-state index in [2.05, 4.69) is 10.3 Å². The normalized spacial score (nSPS) is 16.2. The van der Waals surface area contributed by atoms with Gasteiger partial charge < -0.3 is 10.1 Å². The molecule has 0 spiro atoms. The molecule has 1 N–H and O–H groups in total. The van der Waals surface area contributed by atoms with Crippen LogP contribution in [0.1, 0.15) is 28.4 Å². The zero-order chi connectivity index (χ0) is 15.0. The largest absolute Gasteiger partial charge is 0.489 e. The number of ether oxygens (including phenoxy) is 1. The minimum Gasteiger partial charge on any atom is -0.489 e. The highest BCUT2D eigenvalue weighted by Gasteiger charge is 2.26. The number of carbonyl (C=O) groups is 1. The third-order valence-corrected chi connectivity index (χ3v) is 3.57. The van der Waals surface area contributed by atoms with Crippen LogP contribution in [0.3, 0.4) is 0 Å². The predicted octanol–water partition coefficient (Wildman–Crippen LogP) is 3.62. The standard InChI is InChI=1S/C16H15ClN2O2/c1-9-3-4-14(18-8-9)19-16(20)13-7-12(17)6-11-5-10(2)21-15(11)13/h3-4,6-8,10H,5H2,1-2H3,(H,18,19,20). The van der Waals surface area contributed by atoms with E-state index in [0.717, 1.165) is 17.5 Å². The maximum absolute atomic E-state index is 12.4. The number of aromatic nitrogens is 1. The number of benzene rings is 1. The monoisotopic (exact) mass is 302 g/mol. The second-order valence-electron chi connectivity index (χ2n) is 5.25. The average molecular weight is 303 g/mol. The van der Waals surface area contributed by atoms with Gasteiger partial charge in [-0.25, -0.2) is 4.98 Å². The Morgan fingerprint density at radius 3 is 2.95 bits per heavy atom. The molecule has 1 aliphatic rings. The summed E-state index contributed by atoms with van der Waals surface area (Å²) in [5.74, 6) is 0.862. The van der Waals surface area contributed by atoms with Crippen LogP contribution in [0.2, 0.25) is 5.02 Å². The Kier molecular flexibility index (Phi) is 3.55. The van der Waals surface area contributed by atoms with Crippen molar-refractivity contribution in [2.24, 2.45) is 0 Å². The molecule has 4 nitrogen and oxygen atoms in total. The average Bonchev–Trinajstić information content (AvgIpc) is 2.80. The molecule has 0 aliphatic carbocycles. The molecule has 1 atom stereocenters. The summed E-state index contributed by atoms with van der Waals surface area (Å²) in [5, 5.41) is 3.30. The van der Waals surface area contributed by atoms with Crippen molar-refractivity contribution in [1.82, 2.24) is 4.98 Å². The van der Waals surface area contributed by atoms with Gasteiger partial charge in [0.05, 0.1) is 5.56 Å². The minimum atomic E-state index is -0.265. The molecule has 2 aromatic rings. The van der Waals surface area contributed by atoms with Gasteiger partial charge in [-0.05, 0) is 37.6 Å². The Bertz CT molecular complexity index is 698. The molecule has 0 bridgehead atoms. The number of carbonyl (C=O) groups excluding carboxylic acids is 1. The second kappa shape index (κ2) is 5.37. The maximum Gasteiger partial charge on any atom is 0.260 e. The molecular formula is C16H15ClN2O2. The fourth-order valence-electron chi connectivity index (χ4n) is 2.39. The van der Waals surface area contributed by atoms with Crippen molar-refractivity contribution in [3.63, 3.8) is 0 Å². The number of hydrogen-bond donors (Lipinski definition) is 1. The van der Waals surface area contributed by atoms with Crippen LogP contribution in [0.5, 0.6) is 5.75 Å². The number of halogens is 1. The first-order valence-corrected chi connectivity index (χ1v) is 7.14. The van der Waals surface area contributed by atoms with Crippen molar-refractivity contribution < 1.29 is 9.53 Å². The molecule has 5 heteroatoms. The number of nitrogens with one attached hydrogen (secondary N) is 1. The Labute approximate surface area is 128 Å². The van der Waals surface area contributed by atoms with E-state index in [9.17, 15) is 4.79 Å². The topological polar surface area (TPSA) is 51.2 Å². The number of pyridine rings is 1. The Hall–Kier alpha value is -2.07. The zero-order valence-electron chi connectivity index (χ0n) is 11.8. The van der Waals surface area contributed by atoms with E-state index in [0.29, 0.717) is 22.2 Å². The van der Waals surface area contributed by atoms with Crippen molar-refractivity contribution in [1.29, 1.82) is 0 Å². The van der Waals surface area contributed by atoms with Crippen molar-refractivity contribution >= 4 is 23.3 Å². The summed E-state index contributed by atoms with van der Waals surface area (Å²) in [4.78, 5) is 16.6. The van der Waals surface area contributed by atoms with Gasteiger partial charge in [0.25, 0.3) is 5.91 Å². The van der Waals surface area contributed by atoms with Gasteiger partial charge in [-0.15, -0.1) is 0 Å². The van der Waals surface area contributed by atoms with Crippen molar-refractivity contribution in [3.8, 4) is 5.75 Å². The summed E-state index contributed by atoms with van der Waals surface area (Å²) in [6.45, 7) is 3.91. The van der Waals surface area contributed by atoms with Gasteiger partial charge in [-0.3, -0.25) is 4.79 Å². The first-order valence-electron chi connectivity index (χ1n) is 6.76. The molecule has 1 amide bonds. The maximum atomic E-state index is 12.4. The zero-order valence-corrected chi connectivity index (χ0v) is 12.6. The van der Waals surface area contributed by atoms with Gasteiger partial charge in [0.2, 0.25) is 0 Å². The van der Waals surface area contributed by atoms with E-state index < -0.39 is 0 Å². The van der Waals surface area contributed by atoms with Gasteiger partial charge >= 0.3 is 0 Å². The van der Waals surface area contributed by atoms with Crippen LogP contribution in [-0.2, 0) is 6.42 Å². The minimum absolute atomic E-state index is 0.0579. The first-order chi connectivity index (χ1) is 10.0. The number of hydrogen-bond acceptors (Lipinski definition) is 3. The van der Waals surface area contributed by atoms with Crippen molar-refractivity contribution in [2.75, 3.05) is 5.32 Å². The van der Waals surface area contributed by atoms with Crippen LogP contribution < -0.4 is 10.1 Å². The molecular weight excluding hydrogens is 288 g/mol. The van der Waals surface area contributed by atoms with Crippen LogP contribution in [0, 0.1) is 6.92 Å². The lowest BCUT2D eigenvalue weighted by atomic mass is 10.1. The van der Waals surface area contributed by atoms with Gasteiger partial charge in [0.1, 0.15) is 17.7 Å². The van der Waals surface area contributed by atoms with Crippen LogP contribution in [0.15, 0.2) is 30.5 Å². The Morgan fingerprint density at radius 1 is 1.43 bits per heavy atom. The molecule has 108 valence electrons. The van der Waals surface area contributed by atoms with Crippen LogP contribution in [0.4, 0.5) is 5.82 Å². The summed E-state index contributed by atoms with van der Waals surface area (Å²) in [7, 11) is 0. The number of fused-ring (bicyclic) bond motifs is 1. The number of anilines is 1. The SMILES string of the molecule is Cc1ccc(NC(=O)c2cc(Cl)cc3c2OC(C)C3)nc1. The first kappa shape index (κ1) is 13.9. The third kappa shape index (κ3) is 2.85. The molecule has 1 aromatic heterocycles. The molecule has 1 aliphatic heterocycles. The lowest BCUT2D eigenvalue weighted by Gasteiger charge is -2.10. The van der Waals surface area contributed by atoms with Gasteiger partial charge in [0, 0.05) is 23.2 Å². The Balaban J connectivity index is 1.90. The summed E-state index contributed by atoms with van der Waals surface area (Å²) in [5.41, 5.74) is 2.45. The quantitative estimate of drug-likeness (QED) is 0.922. The van der Waals surface area contributed by atoms with E-state index in [1.54, 1.807) is 18.3 Å². The molecule has 2 heterocycles. The summed E-state index contributed by atoms with van der Waals surface area (Å²) < 4.78 is 5.73. The van der Waals surface area contributed by atoms with E-state index in [-0.39, 0.29) is 12.0 Å². The van der Waals surface area contributed by atoms with Gasteiger partial charge in [-0.2, -0.15) is 0 Å². The lowest BCUT2D eigenvalue weighted by molar-refractivity contribution is 0.102. The van der Waals surface area contributed by atoms with Crippen molar-refractivity contribution in [2.45, 2.75) is 26.4 Å². The van der Waals surface area contributed by atoms with E-state index >= 15 is 0 Å². The van der Waals surface area contributed by atoms with E-state index in [4.69, 9.17) is 16.3 Å². The number of aryl methyl sites for hydroxylation is 1. The Morgan fingerprint density at radius 2 is 2.24 bits per heavy atom. The molecule has 1 unspecified atom stereocenters. The highest BCUT2D eigenvalue weighted by molar-refractivity contribution is 6.31. The fourth-order valence-corrected chi connectivity index (χ4v) is 2.63. The lowest BCUT2D eigenvalue weighted by Crippen LogP contribution is -2.15. The second-order valence-corrected chi connectivity index (χ2v) is 5.69. The van der Waals surface area contributed by atoms with Gasteiger partial charge in [0.15, 0.2) is 0 Å². The van der Waals surface area contributed by atoms with Crippen molar-refractivity contribution in [3.05, 3.63) is 52.2 Å². The smallest absolute Gasteiger partial charge is 0.260 e. The predicted molar refractivity (Wildman–Crippen MR) is 82.2 cm³/mol. The molecule has 3 rings (SSSR count). The molecule has 0 saturated carbocycles. The summed E-state index contributed by atoms with van der Waals surface area (Å²) in [6.07, 6.45) is 2.53. The van der Waals surface area contributed by atoms with Gasteiger partial charge in [-0.1, -0.05) is 17.7 Å². The summed E-state index contributed by atoms with van der Waals surface area (Å²) >= 11 is 6.09. The molecule has 0 radical (unpaired) electrons. The summed E-state index contributed by atoms with van der Waals surface area (Å²) in [6, 6.07) is 7.13. The molecule has 0 saturated heterocycles.